The van der Waals surface area contributed by atoms with Gasteiger partial charge in [-0.25, -0.2) is 4.79 Å². The highest BCUT2D eigenvalue weighted by Gasteiger charge is 2.33. The van der Waals surface area contributed by atoms with E-state index in [2.05, 4.69) is 63.7 Å². The van der Waals surface area contributed by atoms with Crippen LogP contribution in [0.15, 0.2) is 39.2 Å². The Balaban J connectivity index is 2.39. The van der Waals surface area contributed by atoms with Crippen molar-refractivity contribution in [3.8, 4) is 28.2 Å². The summed E-state index contributed by atoms with van der Waals surface area (Å²) in [7, 11) is 0. The topological polar surface area (TPSA) is 76.7 Å². The fourth-order valence-corrected chi connectivity index (χ4v) is 6.95. The number of hydrogen-bond acceptors (Lipinski definition) is 5. The molecule has 1 aliphatic heterocycles. The van der Waals surface area contributed by atoms with Crippen molar-refractivity contribution in [2.24, 2.45) is 0 Å². The molecule has 0 fully saturated rings. The molecular weight excluding hydrogens is 806 g/mol. The van der Waals surface area contributed by atoms with Gasteiger partial charge in [-0.1, -0.05) is 46.4 Å². The van der Waals surface area contributed by atoms with E-state index in [0.29, 0.717) is 21.0 Å². The van der Waals surface area contributed by atoms with Crippen molar-refractivity contribution in [1.29, 1.82) is 0 Å². The Hall–Kier alpha value is -0.520. The highest BCUT2D eigenvalue weighted by atomic mass is 79.9. The second-order valence-corrected chi connectivity index (χ2v) is 11.8. The Labute approximate surface area is 251 Å². The molecule has 0 atom stereocenters. The van der Waals surface area contributed by atoms with Crippen molar-refractivity contribution < 1.29 is 19.1 Å². The number of esters is 1. The quantitative estimate of drug-likeness (QED) is 0.0965. The highest BCUT2D eigenvalue weighted by molar-refractivity contribution is 9.11. The summed E-state index contributed by atoms with van der Waals surface area (Å²) in [4.78, 5) is 25.8. The van der Waals surface area contributed by atoms with Crippen molar-refractivity contribution in [2.75, 3.05) is 6.61 Å². The van der Waals surface area contributed by atoms with Gasteiger partial charge in [0.2, 0.25) is 5.43 Å². The van der Waals surface area contributed by atoms with E-state index in [-0.39, 0.29) is 73.8 Å². The summed E-state index contributed by atoms with van der Waals surface area (Å²) in [5.41, 5.74) is 0.467. The normalized spacial score (nSPS) is 11.5. The highest BCUT2D eigenvalue weighted by Crippen LogP contribution is 2.53. The molecule has 1 aliphatic carbocycles. The third-order valence-electron chi connectivity index (χ3n) is 5.02. The Morgan fingerprint density at radius 2 is 1.57 bits per heavy atom. The van der Waals surface area contributed by atoms with E-state index in [1.54, 1.807) is 13.0 Å². The summed E-state index contributed by atoms with van der Waals surface area (Å²) in [6, 6.07) is 3.10. The molecule has 0 bridgehead atoms. The predicted molar refractivity (Wildman–Crippen MR) is 153 cm³/mol. The first kappa shape index (κ1) is 27.5. The van der Waals surface area contributed by atoms with Crippen LogP contribution in [-0.4, -0.2) is 17.7 Å². The van der Waals surface area contributed by atoms with Gasteiger partial charge in [-0.05, 0) is 82.8 Å². The number of carbonyl (C=O) groups excluding carboxylic acids is 1. The van der Waals surface area contributed by atoms with Gasteiger partial charge in [-0.3, -0.25) is 4.79 Å². The average Bonchev–Trinajstić information content (AvgIpc) is 2.82. The van der Waals surface area contributed by atoms with Crippen LogP contribution in [0, 0.1) is 0 Å². The maximum absolute atomic E-state index is 13.1. The molecular formula is C22H8Br4Cl4O5. The fraction of sp³-hybridized carbons (Fsp3) is 0.0909. The Morgan fingerprint density at radius 1 is 0.943 bits per heavy atom. The first-order valence-electron chi connectivity index (χ1n) is 9.41. The van der Waals surface area contributed by atoms with Crippen LogP contribution in [0.1, 0.15) is 17.3 Å². The monoisotopic (exact) mass is 808 g/mol. The van der Waals surface area contributed by atoms with Crippen LogP contribution in [-0.2, 0) is 4.74 Å². The lowest BCUT2D eigenvalue weighted by atomic mass is 9.90. The largest absolute Gasteiger partial charge is 0.505 e. The minimum Gasteiger partial charge on any atom is -0.505 e. The molecule has 1 heterocycles. The number of rotatable bonds is 3. The number of carbonyl (C=O) groups is 1. The second-order valence-electron chi connectivity index (χ2n) is 6.98. The zero-order valence-corrected chi connectivity index (χ0v) is 26.3. The number of halogens is 8. The number of phenols is 1. The Kier molecular flexibility index (Phi) is 8.12. The van der Waals surface area contributed by atoms with Gasteiger partial charge >= 0.3 is 5.97 Å². The van der Waals surface area contributed by atoms with E-state index < -0.39 is 5.97 Å². The van der Waals surface area contributed by atoms with E-state index in [9.17, 15) is 14.7 Å². The van der Waals surface area contributed by atoms with Gasteiger partial charge in [0.25, 0.3) is 0 Å². The number of ether oxygens (including phenoxy) is 1. The lowest BCUT2D eigenvalue weighted by Crippen LogP contribution is -2.11. The van der Waals surface area contributed by atoms with Crippen LogP contribution in [0.4, 0.5) is 0 Å². The molecule has 0 radical (unpaired) electrons. The SMILES string of the molecule is CCOC(=O)c1c(Cl)c(Cl)c(Cl)c(Cl)c1-c1c2cc(Br)c(=O)c(Br)c-2oc2c(Br)c(O)c(Br)cc12. The molecule has 182 valence electrons. The molecule has 0 aromatic heterocycles. The summed E-state index contributed by atoms with van der Waals surface area (Å²) < 4.78 is 12.1. The van der Waals surface area contributed by atoms with Crippen LogP contribution < -0.4 is 5.43 Å². The number of phenolic OH excluding ortho intramolecular Hbond substituents is 1. The predicted octanol–water partition coefficient (Wildman–Crippen LogP) is 10.1. The molecule has 0 unspecified atom stereocenters. The zero-order valence-electron chi connectivity index (χ0n) is 17.0. The van der Waals surface area contributed by atoms with Gasteiger partial charge < -0.3 is 14.3 Å². The lowest BCUT2D eigenvalue weighted by Gasteiger charge is -2.22. The molecule has 2 aromatic rings. The third-order valence-corrected chi connectivity index (χ3v) is 9.47. The third kappa shape index (κ3) is 4.44. The van der Waals surface area contributed by atoms with E-state index in [1.165, 1.54) is 6.07 Å². The molecule has 35 heavy (non-hydrogen) atoms. The number of benzene rings is 3. The number of aromatic hydroxyl groups is 1. The molecule has 2 aliphatic rings. The zero-order chi connectivity index (χ0) is 25.9. The number of hydrogen-bond donors (Lipinski definition) is 1. The maximum Gasteiger partial charge on any atom is 0.340 e. The van der Waals surface area contributed by atoms with Crippen LogP contribution in [0.5, 0.6) is 5.75 Å². The molecule has 2 aromatic carbocycles. The van der Waals surface area contributed by atoms with Crippen molar-refractivity contribution in [2.45, 2.75) is 6.92 Å². The first-order chi connectivity index (χ1) is 16.4. The summed E-state index contributed by atoms with van der Waals surface area (Å²) in [6.45, 7) is 1.69. The summed E-state index contributed by atoms with van der Waals surface area (Å²) in [6.07, 6.45) is 0. The summed E-state index contributed by atoms with van der Waals surface area (Å²) in [5.74, 6) is -0.812. The Bertz CT molecular complexity index is 1600. The average molecular weight is 814 g/mol. The van der Waals surface area contributed by atoms with Crippen molar-refractivity contribution in [1.82, 2.24) is 0 Å². The van der Waals surface area contributed by atoms with Crippen molar-refractivity contribution in [3.05, 3.63) is 65.9 Å². The molecule has 5 nitrogen and oxygen atoms in total. The molecule has 13 heteroatoms. The van der Waals surface area contributed by atoms with Crippen molar-refractivity contribution in [3.63, 3.8) is 0 Å². The van der Waals surface area contributed by atoms with Crippen LogP contribution in [0.3, 0.4) is 0 Å². The van der Waals surface area contributed by atoms with E-state index >= 15 is 0 Å². The van der Waals surface area contributed by atoms with Gasteiger partial charge in [0.15, 0.2) is 11.3 Å². The van der Waals surface area contributed by atoms with E-state index in [1.807, 2.05) is 0 Å². The van der Waals surface area contributed by atoms with Gasteiger partial charge in [-0.15, -0.1) is 0 Å². The molecule has 0 saturated carbocycles. The Morgan fingerprint density at radius 3 is 2.20 bits per heavy atom. The first-order valence-corrected chi connectivity index (χ1v) is 14.1. The van der Waals surface area contributed by atoms with Gasteiger partial charge in [0.1, 0.15) is 14.7 Å². The maximum atomic E-state index is 13.1. The van der Waals surface area contributed by atoms with Gasteiger partial charge in [0, 0.05) is 22.1 Å². The summed E-state index contributed by atoms with van der Waals surface area (Å²) >= 11 is 39.1. The molecule has 4 rings (SSSR count). The minimum absolute atomic E-state index is 0.0552. The standard InChI is InChI=1S/C22H8Br4Cl4O5/c1-2-34-22(33)11-10(14(27)16(29)17(30)15(11)28)9-5-3-7(23)18(31)12(25)20(5)35-21-6(9)4-8(24)19(32)13(21)26/h3-4,31H,2H2,1H3. The van der Waals surface area contributed by atoms with Crippen LogP contribution in [0.2, 0.25) is 20.1 Å². The molecule has 0 saturated heterocycles. The van der Waals surface area contributed by atoms with Gasteiger partial charge in [0.05, 0.1) is 41.2 Å². The molecule has 0 amide bonds. The van der Waals surface area contributed by atoms with Gasteiger partial charge in [-0.2, -0.15) is 0 Å². The summed E-state index contributed by atoms with van der Waals surface area (Å²) in [5, 5.41) is 10.5. The molecule has 1 N–H and O–H groups in total. The van der Waals surface area contributed by atoms with Crippen molar-refractivity contribution >= 4 is 127 Å². The smallest absolute Gasteiger partial charge is 0.340 e. The van der Waals surface area contributed by atoms with Crippen LogP contribution >= 0.6 is 110 Å². The minimum atomic E-state index is -0.787. The second kappa shape index (κ2) is 10.3. The molecule has 0 spiro atoms. The van der Waals surface area contributed by atoms with E-state index in [4.69, 9.17) is 55.6 Å². The van der Waals surface area contributed by atoms with E-state index in [0.717, 1.165) is 0 Å². The van der Waals surface area contributed by atoms with Crippen LogP contribution in [0.25, 0.3) is 33.4 Å². The lowest BCUT2D eigenvalue weighted by molar-refractivity contribution is 0.0527. The number of fused-ring (bicyclic) bond motifs is 2. The fourth-order valence-electron chi connectivity index (χ4n) is 3.52.